The molecular formula is C26H32N2O6. The van der Waals surface area contributed by atoms with Crippen molar-refractivity contribution in [2.24, 2.45) is 0 Å². The number of nitrogens with zero attached hydrogens (tertiary/aromatic N) is 1. The highest BCUT2D eigenvalue weighted by Crippen LogP contribution is 2.25. The van der Waals surface area contributed by atoms with Gasteiger partial charge in [0.15, 0.2) is 6.29 Å². The molecule has 1 N–H and O–H groups in total. The highest BCUT2D eigenvalue weighted by molar-refractivity contribution is 5.89. The summed E-state index contributed by atoms with van der Waals surface area (Å²) in [4.78, 5) is 35.7. The van der Waals surface area contributed by atoms with E-state index < -0.39 is 0 Å². The van der Waals surface area contributed by atoms with E-state index in [0.717, 1.165) is 31.4 Å². The minimum Gasteiger partial charge on any atom is -0.488 e. The first-order valence-electron chi connectivity index (χ1n) is 11.3. The number of hydrogen-bond acceptors (Lipinski definition) is 7. The van der Waals surface area contributed by atoms with E-state index in [0.29, 0.717) is 35.6 Å². The molecular weight excluding hydrogens is 436 g/mol. The van der Waals surface area contributed by atoms with Crippen LogP contribution in [0.25, 0.3) is 0 Å². The first-order valence-corrected chi connectivity index (χ1v) is 11.3. The van der Waals surface area contributed by atoms with Crippen molar-refractivity contribution in [3.05, 3.63) is 65.2 Å². The number of likely N-dealkylation sites (tertiary alicyclic amines) is 1. The largest absolute Gasteiger partial charge is 0.488 e. The van der Waals surface area contributed by atoms with Crippen LogP contribution in [0.3, 0.4) is 0 Å². The number of fused-ring (bicyclic) bond motifs is 2. The molecule has 2 aliphatic rings. The van der Waals surface area contributed by atoms with Crippen LogP contribution in [0.2, 0.25) is 0 Å². The molecule has 2 atom stereocenters. The number of para-hydroxylation sites is 1. The van der Waals surface area contributed by atoms with Gasteiger partial charge in [-0.05, 0) is 57.0 Å². The zero-order valence-electron chi connectivity index (χ0n) is 20.1. The van der Waals surface area contributed by atoms with E-state index in [2.05, 4.69) is 10.1 Å². The molecule has 8 nitrogen and oxygen atoms in total. The first-order chi connectivity index (χ1) is 16.2. The van der Waals surface area contributed by atoms with Crippen molar-refractivity contribution < 1.29 is 28.6 Å². The number of piperazine rings is 1. The summed E-state index contributed by atoms with van der Waals surface area (Å²) >= 11 is 0. The molecule has 0 aliphatic carbocycles. The van der Waals surface area contributed by atoms with Crippen LogP contribution in [0, 0.1) is 0 Å². The van der Waals surface area contributed by atoms with Gasteiger partial charge < -0.3 is 24.4 Å². The Balaban J connectivity index is 0.000000202. The third-order valence-corrected chi connectivity index (χ3v) is 5.50. The lowest BCUT2D eigenvalue weighted by Crippen LogP contribution is -2.48. The second-order valence-corrected chi connectivity index (χ2v) is 9.26. The normalized spacial score (nSPS) is 18.5. The lowest BCUT2D eigenvalue weighted by molar-refractivity contribution is 0.0204. The van der Waals surface area contributed by atoms with E-state index in [1.165, 1.54) is 7.11 Å². The SMILES string of the molecule is CC(C)(C)OC(=O)N1CC2CC1CN2.COC(=O)c1ccc(COc2ccccc2C=O)cc1. The number of esters is 1. The molecule has 0 aromatic heterocycles. The maximum absolute atomic E-state index is 11.7. The molecule has 4 rings (SSSR count). The molecule has 2 saturated heterocycles. The highest BCUT2D eigenvalue weighted by Gasteiger charge is 2.41. The molecule has 2 aromatic rings. The second kappa shape index (κ2) is 11.2. The van der Waals surface area contributed by atoms with E-state index in [1.807, 2.05) is 31.7 Å². The van der Waals surface area contributed by atoms with Crippen LogP contribution in [0.4, 0.5) is 4.79 Å². The van der Waals surface area contributed by atoms with Crippen LogP contribution in [0.15, 0.2) is 48.5 Å². The van der Waals surface area contributed by atoms with Gasteiger partial charge in [-0.15, -0.1) is 0 Å². The van der Waals surface area contributed by atoms with E-state index >= 15 is 0 Å². The summed E-state index contributed by atoms with van der Waals surface area (Å²) in [6.07, 6.45) is 1.68. The molecule has 2 unspecified atom stereocenters. The lowest BCUT2D eigenvalue weighted by atomic mass is 10.1. The molecule has 0 radical (unpaired) electrons. The number of aldehydes is 1. The fourth-order valence-corrected chi connectivity index (χ4v) is 3.83. The monoisotopic (exact) mass is 468 g/mol. The highest BCUT2D eigenvalue weighted by atomic mass is 16.6. The first kappa shape index (κ1) is 25.2. The molecule has 8 heteroatoms. The van der Waals surface area contributed by atoms with Gasteiger partial charge in [0.2, 0.25) is 0 Å². The number of hydrogen-bond donors (Lipinski definition) is 1. The van der Waals surface area contributed by atoms with Crippen LogP contribution in [-0.4, -0.2) is 61.1 Å². The molecule has 182 valence electrons. The smallest absolute Gasteiger partial charge is 0.410 e. The maximum Gasteiger partial charge on any atom is 0.410 e. The van der Waals surface area contributed by atoms with E-state index in [4.69, 9.17) is 9.47 Å². The second-order valence-electron chi connectivity index (χ2n) is 9.26. The predicted octanol–water partition coefficient (Wildman–Crippen LogP) is 3.83. The zero-order chi connectivity index (χ0) is 24.7. The van der Waals surface area contributed by atoms with Gasteiger partial charge in [0.05, 0.1) is 18.2 Å². The summed E-state index contributed by atoms with van der Waals surface area (Å²) in [5.74, 6) is 0.170. The van der Waals surface area contributed by atoms with Gasteiger partial charge in [0, 0.05) is 25.2 Å². The Hall–Kier alpha value is -3.39. The summed E-state index contributed by atoms with van der Waals surface area (Å²) in [7, 11) is 1.34. The van der Waals surface area contributed by atoms with Crippen LogP contribution in [0.5, 0.6) is 5.75 Å². The summed E-state index contributed by atoms with van der Waals surface area (Å²) in [5, 5.41) is 3.35. The molecule has 2 heterocycles. The zero-order valence-corrected chi connectivity index (χ0v) is 20.1. The van der Waals surface area contributed by atoms with Crippen molar-refractivity contribution in [2.75, 3.05) is 20.2 Å². The molecule has 1 amide bonds. The van der Waals surface area contributed by atoms with Gasteiger partial charge in [-0.2, -0.15) is 0 Å². The van der Waals surface area contributed by atoms with Gasteiger partial charge in [-0.25, -0.2) is 9.59 Å². The van der Waals surface area contributed by atoms with Gasteiger partial charge in [-0.3, -0.25) is 4.79 Å². The Bertz CT molecular complexity index is 999. The topological polar surface area (TPSA) is 94.2 Å². The number of rotatable bonds is 5. The van der Waals surface area contributed by atoms with Crippen LogP contribution in [0.1, 0.15) is 53.5 Å². The van der Waals surface area contributed by atoms with Crippen LogP contribution >= 0.6 is 0 Å². The van der Waals surface area contributed by atoms with Crippen molar-refractivity contribution in [2.45, 2.75) is 51.5 Å². The van der Waals surface area contributed by atoms with Crippen molar-refractivity contribution in [3.8, 4) is 5.75 Å². The molecule has 2 aromatic carbocycles. The fourth-order valence-electron chi connectivity index (χ4n) is 3.83. The number of methoxy groups -OCH3 is 1. The lowest BCUT2D eigenvalue weighted by Gasteiger charge is -2.30. The van der Waals surface area contributed by atoms with E-state index in [1.54, 1.807) is 42.5 Å². The van der Waals surface area contributed by atoms with Gasteiger partial charge in [-0.1, -0.05) is 24.3 Å². The van der Waals surface area contributed by atoms with E-state index in [-0.39, 0.29) is 17.7 Å². The Morgan fingerprint density at radius 1 is 1.12 bits per heavy atom. The molecule has 2 aliphatic heterocycles. The molecule has 0 saturated carbocycles. The van der Waals surface area contributed by atoms with E-state index in [9.17, 15) is 14.4 Å². The third kappa shape index (κ3) is 6.81. The number of ether oxygens (including phenoxy) is 3. The fraction of sp³-hybridized carbons (Fsp3) is 0.423. The summed E-state index contributed by atoms with van der Waals surface area (Å²) in [6, 6.07) is 14.8. The van der Waals surface area contributed by atoms with Crippen molar-refractivity contribution in [1.29, 1.82) is 0 Å². The van der Waals surface area contributed by atoms with Crippen molar-refractivity contribution in [1.82, 2.24) is 10.2 Å². The predicted molar refractivity (Wildman–Crippen MR) is 127 cm³/mol. The Morgan fingerprint density at radius 2 is 1.82 bits per heavy atom. The third-order valence-electron chi connectivity index (χ3n) is 5.50. The Labute approximate surface area is 200 Å². The molecule has 34 heavy (non-hydrogen) atoms. The number of carbonyl (C=O) groups excluding carboxylic acids is 3. The Morgan fingerprint density at radius 3 is 2.38 bits per heavy atom. The number of nitrogens with one attached hydrogen (secondary N) is 1. The minimum absolute atomic E-state index is 0.161. The molecule has 2 bridgehead atoms. The summed E-state index contributed by atoms with van der Waals surface area (Å²) < 4.78 is 15.6. The summed E-state index contributed by atoms with van der Waals surface area (Å²) in [5.41, 5.74) is 1.52. The van der Waals surface area contributed by atoms with Crippen molar-refractivity contribution >= 4 is 18.3 Å². The van der Waals surface area contributed by atoms with Gasteiger partial charge in [0.25, 0.3) is 0 Å². The van der Waals surface area contributed by atoms with Crippen molar-refractivity contribution in [3.63, 3.8) is 0 Å². The maximum atomic E-state index is 11.7. The van der Waals surface area contributed by atoms with Gasteiger partial charge in [0.1, 0.15) is 18.0 Å². The minimum atomic E-state index is -0.383. The standard InChI is InChI=1S/C16H14O4.C10H18N2O2/c1-19-16(18)13-8-6-12(7-9-13)11-20-15-5-3-2-4-14(15)10-17;1-10(2,3)14-9(13)12-6-7-4-8(12)5-11-7/h2-10H,11H2,1H3;7-8,11H,4-6H2,1-3H3. The number of carbonyl (C=O) groups is 3. The Kier molecular flexibility index (Phi) is 8.28. The molecule has 2 fully saturated rings. The van der Waals surface area contributed by atoms with Crippen LogP contribution < -0.4 is 10.1 Å². The number of amides is 1. The van der Waals surface area contributed by atoms with Gasteiger partial charge >= 0.3 is 12.1 Å². The summed E-state index contributed by atoms with van der Waals surface area (Å²) in [6.45, 7) is 7.75. The average molecular weight is 469 g/mol. The number of benzene rings is 2. The average Bonchev–Trinajstić information content (AvgIpc) is 3.46. The van der Waals surface area contributed by atoms with Crippen LogP contribution in [-0.2, 0) is 16.1 Å². The quantitative estimate of drug-likeness (QED) is 0.526. The molecule has 0 spiro atoms.